The molecule has 0 saturated carbocycles. The zero-order valence-corrected chi connectivity index (χ0v) is 20.6. The minimum atomic E-state index is -4.25. The zero-order valence-electron chi connectivity index (χ0n) is 19.7. The number of carbonyl (C=O) groups is 1. The highest BCUT2D eigenvalue weighted by Crippen LogP contribution is 2.42. The van der Waals surface area contributed by atoms with E-state index in [0.717, 1.165) is 25.7 Å². The van der Waals surface area contributed by atoms with Crippen LogP contribution < -0.4 is 5.73 Å². The minimum Gasteiger partial charge on any atom is -0.463 e. The second kappa shape index (κ2) is 21.8. The zero-order chi connectivity index (χ0) is 23.9. The third-order valence-corrected chi connectivity index (χ3v) is 5.55. The van der Waals surface area contributed by atoms with Crippen molar-refractivity contribution in [1.82, 2.24) is 0 Å². The Morgan fingerprint density at radius 3 is 2.22 bits per heavy atom. The summed E-state index contributed by atoms with van der Waals surface area (Å²) in [5.41, 5.74) is 5.16. The first-order valence-corrected chi connectivity index (χ1v) is 13.4. The number of aliphatic hydroxyl groups is 1. The van der Waals surface area contributed by atoms with E-state index in [9.17, 15) is 19.4 Å². The molecule has 0 aromatic rings. The molecule has 2 atom stereocenters. The molecule has 0 heterocycles. The van der Waals surface area contributed by atoms with Crippen LogP contribution in [0, 0.1) is 0 Å². The minimum absolute atomic E-state index is 0.0697. The number of phosphoric ester groups is 1. The first kappa shape index (κ1) is 31.0. The Morgan fingerprint density at radius 2 is 1.56 bits per heavy atom. The standard InChI is InChI=1S/C23H44NO7P/c1-2-3-4-5-6-7-8-9-10-11-12-13-14-15-16-17-23(26)29-20-22(25)21-31-32(27,28)30-19-18-24/h9-10,12-13,22,25H,2-8,11,14-21,24H2,1H3,(H,27,28)/b10-9+,13-12+/t22-/m1/s1. The SMILES string of the molecule is CCCCCCCC/C=C/C/C=C/CCCCC(=O)OC[C@@H](O)COP(=O)(O)OCCN. The van der Waals surface area contributed by atoms with Crippen LogP contribution in [0.1, 0.15) is 84.0 Å². The summed E-state index contributed by atoms with van der Waals surface area (Å²) in [6.07, 6.45) is 20.3. The van der Waals surface area contributed by atoms with Gasteiger partial charge in [0.1, 0.15) is 12.7 Å². The Morgan fingerprint density at radius 1 is 0.938 bits per heavy atom. The molecule has 0 amide bonds. The fraction of sp³-hybridized carbons (Fsp3) is 0.783. The lowest BCUT2D eigenvalue weighted by Crippen LogP contribution is -2.23. The largest absolute Gasteiger partial charge is 0.472 e. The van der Waals surface area contributed by atoms with Gasteiger partial charge in [0.05, 0.1) is 13.2 Å². The first-order valence-electron chi connectivity index (χ1n) is 11.9. The van der Waals surface area contributed by atoms with Crippen molar-refractivity contribution in [2.75, 3.05) is 26.4 Å². The quantitative estimate of drug-likeness (QED) is 0.0878. The van der Waals surface area contributed by atoms with Gasteiger partial charge in [-0.1, -0.05) is 63.3 Å². The molecule has 0 rings (SSSR count). The van der Waals surface area contributed by atoms with Crippen molar-refractivity contribution in [3.05, 3.63) is 24.3 Å². The summed E-state index contributed by atoms with van der Waals surface area (Å²) >= 11 is 0. The molecule has 0 aliphatic carbocycles. The molecule has 188 valence electrons. The van der Waals surface area contributed by atoms with Gasteiger partial charge < -0.3 is 20.5 Å². The van der Waals surface area contributed by atoms with Crippen LogP contribution >= 0.6 is 7.82 Å². The Hall–Kier alpha value is -1.02. The molecular formula is C23H44NO7P. The molecule has 4 N–H and O–H groups in total. The highest BCUT2D eigenvalue weighted by molar-refractivity contribution is 7.47. The lowest BCUT2D eigenvalue weighted by molar-refractivity contribution is -0.147. The van der Waals surface area contributed by atoms with Crippen LogP contribution in [0.15, 0.2) is 24.3 Å². The van der Waals surface area contributed by atoms with Crippen LogP contribution in [-0.2, 0) is 23.1 Å². The Bertz CT molecular complexity index is 554. The summed E-state index contributed by atoms with van der Waals surface area (Å²) in [5.74, 6) is -0.419. The molecule has 9 heteroatoms. The summed E-state index contributed by atoms with van der Waals surface area (Å²) in [4.78, 5) is 21.0. The Labute approximate surface area is 193 Å². The molecule has 0 spiro atoms. The van der Waals surface area contributed by atoms with E-state index in [2.05, 4.69) is 40.3 Å². The second-order valence-corrected chi connectivity index (χ2v) is 9.16. The number of allylic oxidation sites excluding steroid dienone is 4. The second-order valence-electron chi connectivity index (χ2n) is 7.70. The van der Waals surface area contributed by atoms with E-state index in [1.165, 1.54) is 38.5 Å². The van der Waals surface area contributed by atoms with E-state index in [1.807, 2.05) is 0 Å². The predicted molar refractivity (Wildman–Crippen MR) is 127 cm³/mol. The van der Waals surface area contributed by atoms with Gasteiger partial charge in [-0.05, 0) is 38.5 Å². The summed E-state index contributed by atoms with van der Waals surface area (Å²) in [6, 6.07) is 0. The number of hydrogen-bond acceptors (Lipinski definition) is 7. The van der Waals surface area contributed by atoms with Gasteiger partial charge in [-0.15, -0.1) is 0 Å². The number of unbranched alkanes of at least 4 members (excludes halogenated alkanes) is 8. The van der Waals surface area contributed by atoms with Crippen molar-refractivity contribution in [3.63, 3.8) is 0 Å². The van der Waals surface area contributed by atoms with Gasteiger partial charge >= 0.3 is 13.8 Å². The van der Waals surface area contributed by atoms with E-state index in [4.69, 9.17) is 10.5 Å². The van der Waals surface area contributed by atoms with Gasteiger partial charge in [0.2, 0.25) is 0 Å². The summed E-state index contributed by atoms with van der Waals surface area (Å²) in [6.45, 7) is 1.38. The van der Waals surface area contributed by atoms with Gasteiger partial charge in [-0.25, -0.2) is 4.57 Å². The van der Waals surface area contributed by atoms with E-state index >= 15 is 0 Å². The van der Waals surface area contributed by atoms with Gasteiger partial charge in [-0.3, -0.25) is 13.8 Å². The number of hydrogen-bond donors (Lipinski definition) is 3. The summed E-state index contributed by atoms with van der Waals surface area (Å²) < 4.78 is 25.5. The maximum Gasteiger partial charge on any atom is 0.472 e. The van der Waals surface area contributed by atoms with Crippen LogP contribution in [0.3, 0.4) is 0 Å². The maximum absolute atomic E-state index is 11.7. The summed E-state index contributed by atoms with van der Waals surface area (Å²) in [7, 11) is -4.25. The van der Waals surface area contributed by atoms with E-state index in [-0.39, 0.29) is 26.2 Å². The number of ether oxygens (including phenoxy) is 1. The molecule has 0 aliphatic rings. The van der Waals surface area contributed by atoms with Gasteiger partial charge in [0.25, 0.3) is 0 Å². The van der Waals surface area contributed by atoms with Crippen molar-refractivity contribution in [2.24, 2.45) is 5.73 Å². The van der Waals surface area contributed by atoms with Crippen LogP contribution in [-0.4, -0.2) is 48.4 Å². The van der Waals surface area contributed by atoms with Gasteiger partial charge in [0.15, 0.2) is 0 Å². The average molecular weight is 478 g/mol. The number of rotatable bonds is 22. The molecule has 0 aromatic heterocycles. The average Bonchev–Trinajstić information content (AvgIpc) is 2.77. The maximum atomic E-state index is 11.7. The topological polar surface area (TPSA) is 128 Å². The van der Waals surface area contributed by atoms with Crippen molar-refractivity contribution in [3.8, 4) is 0 Å². The fourth-order valence-electron chi connectivity index (χ4n) is 2.78. The Balaban J connectivity index is 3.59. The van der Waals surface area contributed by atoms with E-state index < -0.39 is 26.5 Å². The molecule has 0 radical (unpaired) electrons. The van der Waals surface area contributed by atoms with Crippen molar-refractivity contribution in [1.29, 1.82) is 0 Å². The number of nitrogens with two attached hydrogens (primary N) is 1. The smallest absolute Gasteiger partial charge is 0.463 e. The van der Waals surface area contributed by atoms with Crippen molar-refractivity contribution in [2.45, 2.75) is 90.1 Å². The number of aliphatic hydroxyl groups excluding tert-OH is 1. The summed E-state index contributed by atoms with van der Waals surface area (Å²) in [5, 5.41) is 9.66. The highest BCUT2D eigenvalue weighted by Gasteiger charge is 2.22. The third-order valence-electron chi connectivity index (χ3n) is 4.57. The van der Waals surface area contributed by atoms with Gasteiger partial charge in [-0.2, -0.15) is 0 Å². The molecule has 8 nitrogen and oxygen atoms in total. The third kappa shape index (κ3) is 22.2. The molecule has 0 bridgehead atoms. The normalized spacial score (nSPS) is 14.8. The van der Waals surface area contributed by atoms with Crippen molar-refractivity contribution >= 4 is 13.8 Å². The Kier molecular flexibility index (Phi) is 21.1. The molecule has 0 fully saturated rings. The number of phosphoric acid groups is 1. The van der Waals surface area contributed by atoms with Crippen LogP contribution in [0.5, 0.6) is 0 Å². The molecule has 0 aliphatic heterocycles. The lowest BCUT2D eigenvalue weighted by atomic mass is 10.1. The highest BCUT2D eigenvalue weighted by atomic mass is 31.2. The first-order chi connectivity index (χ1) is 15.4. The molecule has 0 aromatic carbocycles. The molecule has 32 heavy (non-hydrogen) atoms. The van der Waals surface area contributed by atoms with Crippen LogP contribution in [0.4, 0.5) is 0 Å². The van der Waals surface area contributed by atoms with E-state index in [0.29, 0.717) is 6.42 Å². The van der Waals surface area contributed by atoms with Gasteiger partial charge in [0, 0.05) is 13.0 Å². The molecule has 0 saturated heterocycles. The van der Waals surface area contributed by atoms with Crippen LogP contribution in [0.2, 0.25) is 0 Å². The predicted octanol–water partition coefficient (Wildman–Crippen LogP) is 4.80. The van der Waals surface area contributed by atoms with Crippen molar-refractivity contribution < 1.29 is 33.1 Å². The van der Waals surface area contributed by atoms with Crippen LogP contribution in [0.25, 0.3) is 0 Å². The lowest BCUT2D eigenvalue weighted by Gasteiger charge is -2.15. The number of carbonyl (C=O) groups excluding carboxylic acids is 1. The number of esters is 1. The fourth-order valence-corrected chi connectivity index (χ4v) is 3.55. The molecular weight excluding hydrogens is 433 g/mol. The monoisotopic (exact) mass is 477 g/mol. The molecule has 1 unspecified atom stereocenters. The van der Waals surface area contributed by atoms with E-state index in [1.54, 1.807) is 0 Å².